The molecule has 0 aromatic carbocycles. The summed E-state index contributed by atoms with van der Waals surface area (Å²) in [6, 6.07) is 0. The molecule has 0 atom stereocenters. The van der Waals surface area contributed by atoms with E-state index in [0.717, 1.165) is 0 Å². The number of hydrogen-bond donors (Lipinski definition) is 1. The fraction of sp³-hybridized carbons (Fsp3) is 0.400. The van der Waals surface area contributed by atoms with Gasteiger partial charge in [0, 0.05) is 6.42 Å². The van der Waals surface area contributed by atoms with Crippen molar-refractivity contribution >= 4 is 17.8 Å². The molecule has 0 aliphatic heterocycles. The molecule has 0 aromatic rings. The van der Waals surface area contributed by atoms with E-state index in [1.807, 2.05) is 0 Å². The van der Waals surface area contributed by atoms with Gasteiger partial charge >= 0.3 is 12.1 Å². The van der Waals surface area contributed by atoms with Gasteiger partial charge in [-0.25, -0.2) is 9.59 Å². The fourth-order valence-corrected chi connectivity index (χ4v) is 0.293. The van der Waals surface area contributed by atoms with E-state index in [2.05, 4.69) is 10.5 Å². The maximum Gasteiger partial charge on any atom is 0.412 e. The van der Waals surface area contributed by atoms with Crippen molar-refractivity contribution in [2.45, 2.75) is 13.3 Å². The highest BCUT2D eigenvalue weighted by molar-refractivity contribution is 6.34. The van der Waals surface area contributed by atoms with E-state index < -0.39 is 17.8 Å². The first-order valence-electron chi connectivity index (χ1n) is 2.62. The van der Waals surface area contributed by atoms with Crippen LogP contribution in [-0.4, -0.2) is 17.8 Å². The second-order valence-corrected chi connectivity index (χ2v) is 1.49. The minimum Gasteiger partial charge on any atom is -0.371 e. The van der Waals surface area contributed by atoms with E-state index in [1.165, 1.54) is 6.92 Å². The van der Waals surface area contributed by atoms with Gasteiger partial charge in [0.15, 0.2) is 0 Å². The Balaban J connectivity index is 3.86. The smallest absolute Gasteiger partial charge is 0.371 e. The minimum absolute atomic E-state index is 0.00606. The first kappa shape index (κ1) is 8.61. The van der Waals surface area contributed by atoms with Crippen LogP contribution in [0.5, 0.6) is 0 Å². The number of primary amides is 1. The van der Waals surface area contributed by atoms with E-state index in [0.29, 0.717) is 0 Å². The van der Waals surface area contributed by atoms with E-state index in [9.17, 15) is 14.4 Å². The highest BCUT2D eigenvalue weighted by atomic mass is 16.6. The monoisotopic (exact) mass is 145 g/mol. The summed E-state index contributed by atoms with van der Waals surface area (Å²) in [5, 5.41) is 0. The number of Topliss-reactive ketones (excluding diaryl/α,β-unsaturated/α-hetero) is 1. The normalized spacial score (nSPS) is 8.50. The maximum atomic E-state index is 10.4. The zero-order valence-electron chi connectivity index (χ0n) is 5.42. The molecule has 0 unspecified atom stereocenters. The largest absolute Gasteiger partial charge is 0.412 e. The van der Waals surface area contributed by atoms with Crippen LogP contribution in [0.2, 0.25) is 0 Å². The SMILES string of the molecule is CCC(=O)C(=O)OC(N)=O. The predicted molar refractivity (Wildman–Crippen MR) is 31.0 cm³/mol. The van der Waals surface area contributed by atoms with Crippen molar-refractivity contribution in [3.63, 3.8) is 0 Å². The summed E-state index contributed by atoms with van der Waals surface area (Å²) in [5.41, 5.74) is 4.45. The van der Waals surface area contributed by atoms with E-state index in [4.69, 9.17) is 0 Å². The summed E-state index contributed by atoms with van der Waals surface area (Å²) in [7, 11) is 0. The Labute approximate surface area is 57.1 Å². The first-order valence-corrected chi connectivity index (χ1v) is 2.62. The van der Waals surface area contributed by atoms with Crippen molar-refractivity contribution in [2.24, 2.45) is 5.73 Å². The van der Waals surface area contributed by atoms with Crippen LogP contribution in [0.1, 0.15) is 13.3 Å². The van der Waals surface area contributed by atoms with Gasteiger partial charge < -0.3 is 10.5 Å². The molecule has 0 saturated carbocycles. The van der Waals surface area contributed by atoms with Crippen molar-refractivity contribution in [2.75, 3.05) is 0 Å². The number of carbonyl (C=O) groups excluding carboxylic acids is 3. The zero-order valence-corrected chi connectivity index (χ0v) is 5.42. The van der Waals surface area contributed by atoms with Gasteiger partial charge in [-0.15, -0.1) is 0 Å². The maximum absolute atomic E-state index is 10.4. The molecule has 5 nitrogen and oxygen atoms in total. The Morgan fingerprint density at radius 2 is 1.90 bits per heavy atom. The van der Waals surface area contributed by atoms with Crippen LogP contribution in [0.25, 0.3) is 0 Å². The van der Waals surface area contributed by atoms with E-state index in [1.54, 1.807) is 0 Å². The molecule has 0 radical (unpaired) electrons. The van der Waals surface area contributed by atoms with Crippen molar-refractivity contribution in [3.05, 3.63) is 0 Å². The molecule has 0 aliphatic carbocycles. The van der Waals surface area contributed by atoms with Crippen LogP contribution >= 0.6 is 0 Å². The summed E-state index contributed by atoms with van der Waals surface area (Å²) in [6.45, 7) is 1.48. The predicted octanol–water partition coefficient (Wildman–Crippen LogP) is -0.413. The second kappa shape index (κ2) is 3.60. The molecule has 0 heterocycles. The lowest BCUT2D eigenvalue weighted by Crippen LogP contribution is -2.24. The number of ether oxygens (including phenoxy) is 1. The quantitative estimate of drug-likeness (QED) is 0.325. The third-order valence-electron chi connectivity index (χ3n) is 0.742. The van der Waals surface area contributed by atoms with Crippen molar-refractivity contribution in [1.82, 2.24) is 0 Å². The molecule has 1 amide bonds. The Morgan fingerprint density at radius 3 is 2.20 bits per heavy atom. The van der Waals surface area contributed by atoms with Gasteiger partial charge in [0.25, 0.3) is 0 Å². The average Bonchev–Trinajstić information content (AvgIpc) is 1.85. The number of carbonyl (C=O) groups is 3. The van der Waals surface area contributed by atoms with Gasteiger partial charge in [0.1, 0.15) is 0 Å². The Kier molecular flexibility index (Phi) is 3.10. The first-order chi connectivity index (χ1) is 4.57. The molecule has 0 spiro atoms. The molecule has 0 bridgehead atoms. The molecule has 0 aliphatic rings. The molecule has 0 aromatic heterocycles. The number of nitrogens with two attached hydrogens (primary N) is 1. The second-order valence-electron chi connectivity index (χ2n) is 1.49. The fourth-order valence-electron chi connectivity index (χ4n) is 0.293. The standard InChI is InChI=1S/C5H7NO4/c1-2-3(7)4(8)10-5(6)9/h2H2,1H3,(H2,6,9). The van der Waals surface area contributed by atoms with Crippen molar-refractivity contribution in [1.29, 1.82) is 0 Å². The van der Waals surface area contributed by atoms with Crippen molar-refractivity contribution in [3.8, 4) is 0 Å². The lowest BCUT2D eigenvalue weighted by molar-refractivity contribution is -0.148. The molecular weight excluding hydrogens is 138 g/mol. The van der Waals surface area contributed by atoms with Crippen LogP contribution in [0, 0.1) is 0 Å². The van der Waals surface area contributed by atoms with E-state index in [-0.39, 0.29) is 6.42 Å². The van der Waals surface area contributed by atoms with Gasteiger partial charge in [-0.3, -0.25) is 4.79 Å². The van der Waals surface area contributed by atoms with Crippen molar-refractivity contribution < 1.29 is 19.1 Å². The molecule has 0 rings (SSSR count). The number of ketones is 1. The number of esters is 1. The highest BCUT2D eigenvalue weighted by Gasteiger charge is 2.14. The lowest BCUT2D eigenvalue weighted by atomic mass is 10.3. The number of rotatable bonds is 2. The third-order valence-corrected chi connectivity index (χ3v) is 0.742. The Bertz CT molecular complexity index is 174. The van der Waals surface area contributed by atoms with Gasteiger partial charge in [0.05, 0.1) is 0 Å². The van der Waals surface area contributed by atoms with Gasteiger partial charge in [-0.05, 0) is 0 Å². The Morgan fingerprint density at radius 1 is 1.40 bits per heavy atom. The molecule has 10 heavy (non-hydrogen) atoms. The molecule has 5 heteroatoms. The molecule has 2 N–H and O–H groups in total. The van der Waals surface area contributed by atoms with Gasteiger partial charge in [-0.1, -0.05) is 6.92 Å². The average molecular weight is 145 g/mol. The van der Waals surface area contributed by atoms with Gasteiger partial charge in [0.2, 0.25) is 5.78 Å². The topological polar surface area (TPSA) is 86.5 Å². The third kappa shape index (κ3) is 2.81. The number of hydrogen-bond acceptors (Lipinski definition) is 4. The summed E-state index contributed by atoms with van der Waals surface area (Å²) in [4.78, 5) is 30.5. The zero-order chi connectivity index (χ0) is 8.15. The molecule has 0 fully saturated rings. The highest BCUT2D eigenvalue weighted by Crippen LogP contribution is 1.85. The van der Waals surface area contributed by atoms with Crippen LogP contribution in [-0.2, 0) is 14.3 Å². The molecule has 56 valence electrons. The summed E-state index contributed by atoms with van der Waals surface area (Å²) in [6.07, 6.45) is -1.25. The summed E-state index contributed by atoms with van der Waals surface area (Å²) < 4.78 is 3.75. The minimum atomic E-state index is -1.26. The Hall–Kier alpha value is -1.39. The molecule has 0 saturated heterocycles. The molecular formula is C5H7NO4. The van der Waals surface area contributed by atoms with Crippen LogP contribution in [0.3, 0.4) is 0 Å². The van der Waals surface area contributed by atoms with Gasteiger partial charge in [-0.2, -0.15) is 0 Å². The summed E-state index contributed by atoms with van der Waals surface area (Å²) >= 11 is 0. The van der Waals surface area contributed by atoms with Crippen LogP contribution in [0.15, 0.2) is 0 Å². The lowest BCUT2D eigenvalue weighted by Gasteiger charge is -1.93. The van der Waals surface area contributed by atoms with Crippen LogP contribution < -0.4 is 5.73 Å². The van der Waals surface area contributed by atoms with E-state index >= 15 is 0 Å². The van der Waals surface area contributed by atoms with Crippen LogP contribution in [0.4, 0.5) is 4.79 Å². The number of amides is 1. The summed E-state index contributed by atoms with van der Waals surface area (Å²) in [5.74, 6) is -1.96.